The lowest BCUT2D eigenvalue weighted by atomic mass is 9.98. The van der Waals surface area contributed by atoms with Gasteiger partial charge < -0.3 is 4.90 Å². The van der Waals surface area contributed by atoms with Crippen molar-refractivity contribution in [1.82, 2.24) is 20.4 Å². The molecule has 4 aliphatic heterocycles. The molecular weight excluding hydrogens is 552 g/mol. The number of imide groups is 3. The van der Waals surface area contributed by atoms with Crippen LogP contribution in [-0.2, 0) is 25.7 Å². The molecule has 2 saturated heterocycles. The quantitative estimate of drug-likeness (QED) is 0.523. The topological polar surface area (TPSA) is 150 Å². The molecule has 43 heavy (non-hydrogen) atoms. The monoisotopic (exact) mass is 586 g/mol. The summed E-state index contributed by atoms with van der Waals surface area (Å²) in [7, 11) is 0. The number of hydrogen-bond donors (Lipinski definition) is 2. The third-order valence-electron chi connectivity index (χ3n) is 8.34. The third-order valence-corrected chi connectivity index (χ3v) is 8.34. The maximum atomic E-state index is 12.5. The Bertz CT molecular complexity index is 1580. The van der Waals surface area contributed by atoms with Gasteiger partial charge in [-0.15, -0.1) is 0 Å². The van der Waals surface area contributed by atoms with Crippen LogP contribution in [-0.4, -0.2) is 63.2 Å². The Kier molecular flexibility index (Phi) is 8.00. The highest BCUT2D eigenvalue weighted by molar-refractivity contribution is 6.23. The molecule has 4 aliphatic rings. The van der Waals surface area contributed by atoms with E-state index in [0.29, 0.717) is 35.6 Å². The van der Waals surface area contributed by atoms with Crippen LogP contribution in [0.15, 0.2) is 36.4 Å². The molecule has 2 aromatic rings. The first-order chi connectivity index (χ1) is 20.4. The van der Waals surface area contributed by atoms with E-state index in [4.69, 9.17) is 0 Å². The fourth-order valence-electron chi connectivity index (χ4n) is 5.80. The molecule has 11 heteroatoms. The fraction of sp³-hybridized carbons (Fsp3) is 0.406. The summed E-state index contributed by atoms with van der Waals surface area (Å²) in [5.74, 6) is -2.00. The molecule has 224 valence electrons. The molecule has 4 heterocycles. The van der Waals surface area contributed by atoms with Gasteiger partial charge in [-0.05, 0) is 59.6 Å². The Morgan fingerprint density at radius 3 is 1.70 bits per heavy atom. The number of benzene rings is 2. The number of nitrogens with zero attached hydrogens (tertiary/aromatic N) is 2. The second kappa shape index (κ2) is 11.5. The summed E-state index contributed by atoms with van der Waals surface area (Å²) in [6, 6.07) is 9.58. The molecule has 2 unspecified atom stereocenters. The minimum Gasteiger partial charge on any atom is -0.322 e. The van der Waals surface area contributed by atoms with Crippen LogP contribution in [0.5, 0.6) is 0 Å². The van der Waals surface area contributed by atoms with E-state index in [1.165, 1.54) is 5.56 Å². The standard InChI is InChI=1S/C16H16N2O4.C16H18N2O3/c1-8(2)9-3-4-10-11(7-9)16(22)18(15(10)21)12-5-6-13(19)17-14(12)20;1-9(2)10-3-4-12-11(7-10)8-18(16(12)21)13-5-6-14(19)17-15(13)20/h3-4,7-8,12H,5-6H2,1-2H3,(H,17,19,20);3-4,7,9,13H,5-6,8H2,1-2H3,(H,17,19,20). The predicted molar refractivity (Wildman–Crippen MR) is 154 cm³/mol. The highest BCUT2D eigenvalue weighted by Gasteiger charge is 2.44. The van der Waals surface area contributed by atoms with Crippen molar-refractivity contribution in [3.8, 4) is 0 Å². The second-order valence-electron chi connectivity index (χ2n) is 11.9. The normalized spacial score (nSPS) is 21.6. The van der Waals surface area contributed by atoms with Crippen LogP contribution < -0.4 is 10.6 Å². The highest BCUT2D eigenvalue weighted by Crippen LogP contribution is 2.31. The van der Waals surface area contributed by atoms with Gasteiger partial charge in [0.2, 0.25) is 23.6 Å². The molecule has 7 amide bonds. The molecule has 11 nitrogen and oxygen atoms in total. The Hall–Kier alpha value is -4.67. The van der Waals surface area contributed by atoms with Crippen molar-refractivity contribution in [2.45, 2.75) is 83.8 Å². The first kappa shape index (κ1) is 29.8. The lowest BCUT2D eigenvalue weighted by Gasteiger charge is -2.29. The summed E-state index contributed by atoms with van der Waals surface area (Å²) >= 11 is 0. The minimum atomic E-state index is -0.910. The Labute approximate surface area is 249 Å². The summed E-state index contributed by atoms with van der Waals surface area (Å²) < 4.78 is 0. The van der Waals surface area contributed by atoms with Crippen molar-refractivity contribution in [2.24, 2.45) is 0 Å². The van der Waals surface area contributed by atoms with E-state index in [-0.39, 0.29) is 48.8 Å². The molecule has 6 rings (SSSR count). The average Bonchev–Trinajstić information content (AvgIpc) is 3.41. The van der Waals surface area contributed by atoms with Gasteiger partial charge in [-0.2, -0.15) is 0 Å². The van der Waals surface area contributed by atoms with Gasteiger partial charge in [0.1, 0.15) is 12.1 Å². The number of fused-ring (bicyclic) bond motifs is 2. The van der Waals surface area contributed by atoms with Crippen LogP contribution >= 0.6 is 0 Å². The van der Waals surface area contributed by atoms with E-state index in [1.807, 2.05) is 38.1 Å². The number of hydrogen-bond acceptors (Lipinski definition) is 7. The highest BCUT2D eigenvalue weighted by atomic mass is 16.2. The van der Waals surface area contributed by atoms with Gasteiger partial charge in [0, 0.05) is 24.9 Å². The molecular formula is C32H34N4O7. The van der Waals surface area contributed by atoms with Crippen molar-refractivity contribution in [3.63, 3.8) is 0 Å². The van der Waals surface area contributed by atoms with E-state index in [1.54, 1.807) is 17.0 Å². The minimum absolute atomic E-state index is 0.116. The maximum Gasteiger partial charge on any atom is 0.262 e. The van der Waals surface area contributed by atoms with E-state index in [9.17, 15) is 33.6 Å². The first-order valence-corrected chi connectivity index (χ1v) is 14.5. The average molecular weight is 587 g/mol. The zero-order valence-corrected chi connectivity index (χ0v) is 24.6. The van der Waals surface area contributed by atoms with Crippen LogP contribution in [0.25, 0.3) is 0 Å². The zero-order chi connectivity index (χ0) is 31.2. The van der Waals surface area contributed by atoms with Crippen molar-refractivity contribution in [2.75, 3.05) is 0 Å². The lowest BCUT2D eigenvalue weighted by molar-refractivity contribution is -0.138. The molecule has 0 aromatic heterocycles. The van der Waals surface area contributed by atoms with Crippen molar-refractivity contribution in [3.05, 3.63) is 69.8 Å². The summed E-state index contributed by atoms with van der Waals surface area (Å²) in [6.07, 6.45) is 0.990. The molecule has 0 aliphatic carbocycles. The van der Waals surface area contributed by atoms with E-state index in [2.05, 4.69) is 24.5 Å². The van der Waals surface area contributed by atoms with Gasteiger partial charge in [-0.1, -0.05) is 45.9 Å². The summed E-state index contributed by atoms with van der Waals surface area (Å²) in [5, 5.41) is 4.49. The third kappa shape index (κ3) is 5.59. The van der Waals surface area contributed by atoms with E-state index in [0.717, 1.165) is 16.0 Å². The smallest absolute Gasteiger partial charge is 0.262 e. The Morgan fingerprint density at radius 1 is 0.628 bits per heavy atom. The van der Waals surface area contributed by atoms with Crippen molar-refractivity contribution >= 4 is 41.4 Å². The molecule has 2 fully saturated rings. The number of rotatable bonds is 4. The van der Waals surface area contributed by atoms with Crippen molar-refractivity contribution in [1.29, 1.82) is 0 Å². The van der Waals surface area contributed by atoms with Gasteiger partial charge >= 0.3 is 0 Å². The zero-order valence-electron chi connectivity index (χ0n) is 24.6. The fourth-order valence-corrected chi connectivity index (χ4v) is 5.80. The second-order valence-corrected chi connectivity index (χ2v) is 11.9. The molecule has 2 N–H and O–H groups in total. The number of amides is 7. The lowest BCUT2D eigenvalue weighted by Crippen LogP contribution is -2.54. The maximum absolute atomic E-state index is 12.5. The van der Waals surface area contributed by atoms with Gasteiger partial charge in [-0.25, -0.2) is 0 Å². The number of carbonyl (C=O) groups is 7. The van der Waals surface area contributed by atoms with Crippen LogP contribution in [0.1, 0.15) is 113 Å². The summed E-state index contributed by atoms with van der Waals surface area (Å²) in [4.78, 5) is 86.3. The molecule has 0 radical (unpaired) electrons. The van der Waals surface area contributed by atoms with Gasteiger partial charge in [0.15, 0.2) is 0 Å². The molecule has 2 aromatic carbocycles. The van der Waals surface area contributed by atoms with Crippen LogP contribution in [0.4, 0.5) is 0 Å². The molecule has 0 bridgehead atoms. The number of carbonyl (C=O) groups excluding carboxylic acids is 7. The predicted octanol–water partition coefficient (Wildman–Crippen LogP) is 2.78. The molecule has 0 saturated carbocycles. The van der Waals surface area contributed by atoms with Crippen LogP contribution in [0.2, 0.25) is 0 Å². The summed E-state index contributed by atoms with van der Waals surface area (Å²) in [6.45, 7) is 8.66. The van der Waals surface area contributed by atoms with Crippen LogP contribution in [0, 0.1) is 0 Å². The van der Waals surface area contributed by atoms with E-state index >= 15 is 0 Å². The van der Waals surface area contributed by atoms with Gasteiger partial charge in [0.25, 0.3) is 17.7 Å². The van der Waals surface area contributed by atoms with Crippen LogP contribution in [0.3, 0.4) is 0 Å². The number of nitrogens with one attached hydrogen (secondary N) is 2. The summed E-state index contributed by atoms with van der Waals surface area (Å²) in [5.41, 5.74) is 4.44. The molecule has 2 atom stereocenters. The molecule has 0 spiro atoms. The Morgan fingerprint density at radius 2 is 1.14 bits per heavy atom. The van der Waals surface area contributed by atoms with Gasteiger partial charge in [-0.3, -0.25) is 49.1 Å². The number of piperidine rings is 2. The largest absolute Gasteiger partial charge is 0.322 e. The van der Waals surface area contributed by atoms with Gasteiger partial charge in [0.05, 0.1) is 11.1 Å². The SMILES string of the molecule is CC(C)c1ccc2c(c1)C(=O)N(C1CCC(=O)NC1=O)C2=O.CC(C)c1ccc2c(c1)CN(C1CCC(=O)NC1=O)C2=O. The van der Waals surface area contributed by atoms with E-state index < -0.39 is 29.8 Å². The van der Waals surface area contributed by atoms with Crippen molar-refractivity contribution < 1.29 is 33.6 Å². The Balaban J connectivity index is 0.000000171. The first-order valence-electron chi connectivity index (χ1n) is 14.5.